The summed E-state index contributed by atoms with van der Waals surface area (Å²) in [5.74, 6) is 1.22. The van der Waals surface area contributed by atoms with E-state index in [0.717, 1.165) is 50.7 Å². The third-order valence-corrected chi connectivity index (χ3v) is 4.49. The highest BCUT2D eigenvalue weighted by Gasteiger charge is 2.23. The standard InChI is InChI=1S/C16H25N5O2/c1-19(2)16-13-11-20(5-3-14(13)17-12-18-16)6-4-15(22)21-7-9-23-10-8-21/h12H,3-11H2,1-2H3. The van der Waals surface area contributed by atoms with Crippen LogP contribution in [0.15, 0.2) is 6.33 Å². The third kappa shape index (κ3) is 3.79. The number of fused-ring (bicyclic) bond motifs is 1. The van der Waals surface area contributed by atoms with Crippen molar-refractivity contribution >= 4 is 11.7 Å². The zero-order valence-corrected chi connectivity index (χ0v) is 14.0. The zero-order chi connectivity index (χ0) is 16.2. The molecule has 1 aromatic heterocycles. The van der Waals surface area contributed by atoms with E-state index in [1.54, 1.807) is 6.33 Å². The van der Waals surface area contributed by atoms with Gasteiger partial charge in [0.15, 0.2) is 0 Å². The topological polar surface area (TPSA) is 61.8 Å². The lowest BCUT2D eigenvalue weighted by Crippen LogP contribution is -2.42. The Kier molecular flexibility index (Phi) is 5.07. The molecule has 1 amide bonds. The zero-order valence-electron chi connectivity index (χ0n) is 14.0. The molecule has 23 heavy (non-hydrogen) atoms. The molecule has 126 valence electrons. The van der Waals surface area contributed by atoms with E-state index in [1.807, 2.05) is 23.9 Å². The fourth-order valence-electron chi connectivity index (χ4n) is 3.18. The van der Waals surface area contributed by atoms with Gasteiger partial charge in [0.1, 0.15) is 12.1 Å². The van der Waals surface area contributed by atoms with Crippen LogP contribution in [0.5, 0.6) is 0 Å². The molecular weight excluding hydrogens is 294 g/mol. The van der Waals surface area contributed by atoms with E-state index in [1.165, 1.54) is 5.56 Å². The predicted octanol–water partition coefficient (Wildman–Crippen LogP) is 0.150. The average molecular weight is 319 g/mol. The molecule has 0 N–H and O–H groups in total. The number of carbonyl (C=O) groups excluding carboxylic acids is 1. The number of carbonyl (C=O) groups is 1. The van der Waals surface area contributed by atoms with E-state index in [0.29, 0.717) is 19.6 Å². The van der Waals surface area contributed by atoms with Crippen LogP contribution in [0, 0.1) is 0 Å². The van der Waals surface area contributed by atoms with E-state index in [9.17, 15) is 4.79 Å². The van der Waals surface area contributed by atoms with Crippen LogP contribution in [0.1, 0.15) is 17.7 Å². The Bertz CT molecular complexity index is 557. The first-order valence-corrected chi connectivity index (χ1v) is 8.23. The fraction of sp³-hybridized carbons (Fsp3) is 0.688. The Morgan fingerprint density at radius 3 is 2.78 bits per heavy atom. The lowest BCUT2D eigenvalue weighted by Gasteiger charge is -2.31. The van der Waals surface area contributed by atoms with Crippen molar-refractivity contribution < 1.29 is 9.53 Å². The second kappa shape index (κ2) is 7.23. The lowest BCUT2D eigenvalue weighted by molar-refractivity contribution is -0.135. The molecule has 0 unspecified atom stereocenters. The normalized spacial score (nSPS) is 18.6. The molecule has 1 fully saturated rings. The largest absolute Gasteiger partial charge is 0.378 e. The first-order chi connectivity index (χ1) is 11.1. The highest BCUT2D eigenvalue weighted by molar-refractivity contribution is 5.76. The molecule has 0 aromatic carbocycles. The van der Waals surface area contributed by atoms with E-state index in [4.69, 9.17) is 4.74 Å². The molecule has 7 heteroatoms. The minimum Gasteiger partial charge on any atom is -0.378 e. The van der Waals surface area contributed by atoms with E-state index in [2.05, 4.69) is 14.9 Å². The number of hydrogen-bond donors (Lipinski definition) is 0. The van der Waals surface area contributed by atoms with Crippen LogP contribution in [-0.2, 0) is 22.5 Å². The molecule has 0 spiro atoms. The summed E-state index contributed by atoms with van der Waals surface area (Å²) >= 11 is 0. The average Bonchev–Trinajstić information content (AvgIpc) is 2.59. The van der Waals surface area contributed by atoms with Gasteiger partial charge in [0.25, 0.3) is 0 Å². The van der Waals surface area contributed by atoms with Crippen molar-refractivity contribution in [2.75, 3.05) is 58.4 Å². The Morgan fingerprint density at radius 2 is 2.04 bits per heavy atom. The summed E-state index contributed by atoms with van der Waals surface area (Å²) in [4.78, 5) is 27.4. The number of morpholine rings is 1. The minimum absolute atomic E-state index is 0.233. The quantitative estimate of drug-likeness (QED) is 0.787. The van der Waals surface area contributed by atoms with E-state index < -0.39 is 0 Å². The van der Waals surface area contributed by atoms with E-state index >= 15 is 0 Å². The van der Waals surface area contributed by atoms with Gasteiger partial charge in [-0.3, -0.25) is 9.69 Å². The Labute approximate surface area is 137 Å². The smallest absolute Gasteiger partial charge is 0.224 e. The molecule has 0 radical (unpaired) electrons. The van der Waals surface area contributed by atoms with Crippen LogP contribution in [0.2, 0.25) is 0 Å². The van der Waals surface area contributed by atoms with Crippen LogP contribution < -0.4 is 4.90 Å². The maximum absolute atomic E-state index is 12.3. The van der Waals surface area contributed by atoms with Crippen LogP contribution >= 0.6 is 0 Å². The monoisotopic (exact) mass is 319 g/mol. The Morgan fingerprint density at radius 1 is 1.26 bits per heavy atom. The van der Waals surface area contributed by atoms with Gasteiger partial charge in [-0.2, -0.15) is 0 Å². The van der Waals surface area contributed by atoms with Crippen LogP contribution in [0.3, 0.4) is 0 Å². The summed E-state index contributed by atoms with van der Waals surface area (Å²) < 4.78 is 5.30. The predicted molar refractivity (Wildman–Crippen MR) is 87.4 cm³/mol. The number of ether oxygens (including phenoxy) is 1. The minimum atomic E-state index is 0.233. The molecule has 0 saturated carbocycles. The van der Waals surface area contributed by atoms with Crippen LogP contribution in [0.25, 0.3) is 0 Å². The maximum Gasteiger partial charge on any atom is 0.224 e. The van der Waals surface area contributed by atoms with Crippen molar-refractivity contribution in [3.63, 3.8) is 0 Å². The highest BCUT2D eigenvalue weighted by atomic mass is 16.5. The molecular formula is C16H25N5O2. The Balaban J connectivity index is 1.58. The summed E-state index contributed by atoms with van der Waals surface area (Å²) in [6.45, 7) is 5.32. The van der Waals surface area contributed by atoms with Gasteiger partial charge in [0.05, 0.1) is 18.9 Å². The number of nitrogens with zero attached hydrogens (tertiary/aromatic N) is 5. The van der Waals surface area contributed by atoms with Crippen LogP contribution in [0.4, 0.5) is 5.82 Å². The number of aromatic nitrogens is 2. The van der Waals surface area contributed by atoms with Crippen molar-refractivity contribution in [3.05, 3.63) is 17.6 Å². The van der Waals surface area contributed by atoms with Gasteiger partial charge in [0, 0.05) is 65.2 Å². The van der Waals surface area contributed by atoms with Gasteiger partial charge in [-0.15, -0.1) is 0 Å². The summed E-state index contributed by atoms with van der Waals surface area (Å²) in [6.07, 6.45) is 3.14. The number of hydrogen-bond acceptors (Lipinski definition) is 6. The lowest BCUT2D eigenvalue weighted by atomic mass is 10.1. The van der Waals surface area contributed by atoms with Crippen LogP contribution in [-0.4, -0.2) is 79.2 Å². The molecule has 2 aliphatic heterocycles. The Hall–Kier alpha value is -1.73. The van der Waals surface area contributed by atoms with Gasteiger partial charge in [0.2, 0.25) is 5.91 Å². The second-order valence-corrected chi connectivity index (χ2v) is 6.29. The maximum atomic E-state index is 12.3. The molecule has 1 saturated heterocycles. The summed E-state index contributed by atoms with van der Waals surface area (Å²) in [6, 6.07) is 0. The molecule has 1 aromatic rings. The first-order valence-electron chi connectivity index (χ1n) is 8.23. The molecule has 0 aliphatic carbocycles. The number of amides is 1. The molecule has 2 aliphatic rings. The third-order valence-electron chi connectivity index (χ3n) is 4.49. The molecule has 0 atom stereocenters. The SMILES string of the molecule is CN(C)c1ncnc2c1CN(CCC(=O)N1CCOCC1)CC2. The van der Waals surface area contributed by atoms with Crippen molar-refractivity contribution in [1.29, 1.82) is 0 Å². The highest BCUT2D eigenvalue weighted by Crippen LogP contribution is 2.24. The van der Waals surface area contributed by atoms with Gasteiger partial charge >= 0.3 is 0 Å². The number of anilines is 1. The van der Waals surface area contributed by atoms with Crippen molar-refractivity contribution in [3.8, 4) is 0 Å². The van der Waals surface area contributed by atoms with Gasteiger partial charge < -0.3 is 14.5 Å². The first kappa shape index (κ1) is 16.1. The van der Waals surface area contributed by atoms with Gasteiger partial charge in [-0.1, -0.05) is 0 Å². The van der Waals surface area contributed by atoms with E-state index in [-0.39, 0.29) is 5.91 Å². The number of rotatable bonds is 4. The summed E-state index contributed by atoms with van der Waals surface area (Å²) in [7, 11) is 4.01. The second-order valence-electron chi connectivity index (χ2n) is 6.29. The van der Waals surface area contributed by atoms with Gasteiger partial charge in [-0.25, -0.2) is 9.97 Å². The van der Waals surface area contributed by atoms with Gasteiger partial charge in [-0.05, 0) is 0 Å². The van der Waals surface area contributed by atoms with Crippen molar-refractivity contribution in [1.82, 2.24) is 19.8 Å². The molecule has 3 rings (SSSR count). The summed E-state index contributed by atoms with van der Waals surface area (Å²) in [5, 5.41) is 0. The van der Waals surface area contributed by atoms with Crippen molar-refractivity contribution in [2.24, 2.45) is 0 Å². The molecule has 3 heterocycles. The molecule has 7 nitrogen and oxygen atoms in total. The summed E-state index contributed by atoms with van der Waals surface area (Å²) in [5.41, 5.74) is 2.34. The molecule has 0 bridgehead atoms. The fourth-order valence-corrected chi connectivity index (χ4v) is 3.18. The van der Waals surface area contributed by atoms with Crippen molar-refractivity contribution in [2.45, 2.75) is 19.4 Å².